The monoisotopic (exact) mass is 301 g/mol. The summed E-state index contributed by atoms with van der Waals surface area (Å²) in [5, 5.41) is 16.8. The topological polar surface area (TPSA) is 128 Å². The van der Waals surface area contributed by atoms with E-state index in [9.17, 15) is 19.8 Å². The van der Waals surface area contributed by atoms with Gasteiger partial charge in [-0.05, 0) is 17.7 Å². The molecule has 0 amide bonds. The van der Waals surface area contributed by atoms with Crippen LogP contribution in [0.2, 0.25) is 0 Å². The van der Waals surface area contributed by atoms with E-state index in [0.29, 0.717) is 11.3 Å². The van der Waals surface area contributed by atoms with E-state index in [-0.39, 0.29) is 6.42 Å². The first-order chi connectivity index (χ1) is 9.86. The van der Waals surface area contributed by atoms with E-state index in [1.807, 2.05) is 0 Å². The molecule has 0 radical (unpaired) electrons. The number of benzene rings is 1. The number of nitrogens with zero attached hydrogens (tertiary/aromatic N) is 2. The summed E-state index contributed by atoms with van der Waals surface area (Å²) in [4.78, 5) is 39.8. The molecule has 0 aromatic heterocycles. The lowest BCUT2D eigenvalue weighted by Crippen LogP contribution is -2.27. The van der Waals surface area contributed by atoms with Gasteiger partial charge in [-0.2, -0.15) is 4.84 Å². The van der Waals surface area contributed by atoms with Crippen molar-refractivity contribution < 1.29 is 34.6 Å². The molecule has 21 heavy (non-hydrogen) atoms. The van der Waals surface area contributed by atoms with E-state index in [2.05, 4.69) is 9.68 Å². The zero-order valence-corrected chi connectivity index (χ0v) is 11.0. The average Bonchev–Trinajstić information content (AvgIpc) is 2.37. The molecule has 10 nitrogen and oxygen atoms in total. The van der Waals surface area contributed by atoms with Crippen LogP contribution in [0.3, 0.4) is 0 Å². The van der Waals surface area contributed by atoms with Crippen LogP contribution in [0.25, 0.3) is 0 Å². The number of esters is 1. The van der Waals surface area contributed by atoms with Gasteiger partial charge >= 0.3 is 11.1 Å². The van der Waals surface area contributed by atoms with Crippen LogP contribution < -0.4 is 4.74 Å². The minimum absolute atomic E-state index is 0.0630. The second-order valence-corrected chi connectivity index (χ2v) is 3.93. The Hall–Kier alpha value is -2.91. The summed E-state index contributed by atoms with van der Waals surface area (Å²) in [5.74, 6) is -0.136. The molecule has 1 aromatic carbocycles. The normalized spacial score (nSPS) is 11.3. The van der Waals surface area contributed by atoms with E-state index < -0.39 is 28.9 Å². The number of carbonyl (C=O) groups excluding carboxylic acids is 1. The summed E-state index contributed by atoms with van der Waals surface area (Å²) < 4.78 is 4.84. The van der Waals surface area contributed by atoms with Crippen LogP contribution in [-0.4, -0.2) is 34.1 Å². The highest BCUT2D eigenvalue weighted by Gasteiger charge is 2.22. The van der Waals surface area contributed by atoms with E-state index in [1.165, 1.54) is 19.1 Å². The molecule has 0 heterocycles. The molecular formula is C11H13N2O8+. The molecular weight excluding hydrogens is 288 g/mol. The standard InChI is InChI=1S/C11H13N2O8/c1-8(14)20-10-4-2-9(3-5-10)6-11(21-13(17)18)7-19-12(15)16/h2-5,11H,6-7H2,1H3,(H,17,18)/q+1. The first-order valence-electron chi connectivity index (χ1n) is 5.74. The predicted molar refractivity (Wildman–Crippen MR) is 64.7 cm³/mol. The maximum Gasteiger partial charge on any atom is 0.475 e. The number of hydrogen-bond donors (Lipinski definition) is 1. The quantitative estimate of drug-likeness (QED) is 0.323. The summed E-state index contributed by atoms with van der Waals surface area (Å²) >= 11 is 0. The predicted octanol–water partition coefficient (Wildman–Crippen LogP) is 0.831. The van der Waals surface area contributed by atoms with Crippen molar-refractivity contribution in [2.75, 3.05) is 6.61 Å². The molecule has 0 bridgehead atoms. The SMILES string of the molecule is CC(=O)Oc1ccc(CC(CO[N+](=O)[O-])O[N+](=O)O)cc1. The number of hydrogen-bond acceptors (Lipinski definition) is 7. The highest BCUT2D eigenvalue weighted by Crippen LogP contribution is 2.14. The molecule has 0 spiro atoms. The van der Waals surface area contributed by atoms with Crippen molar-refractivity contribution in [1.29, 1.82) is 0 Å². The Kier molecular flexibility index (Phi) is 5.86. The Morgan fingerprint density at radius 2 is 1.95 bits per heavy atom. The molecule has 114 valence electrons. The van der Waals surface area contributed by atoms with Gasteiger partial charge in [-0.1, -0.05) is 12.1 Å². The van der Waals surface area contributed by atoms with Crippen LogP contribution in [-0.2, 0) is 20.9 Å². The fourth-order valence-electron chi connectivity index (χ4n) is 1.52. The average molecular weight is 301 g/mol. The van der Waals surface area contributed by atoms with Crippen molar-refractivity contribution in [2.24, 2.45) is 0 Å². The van der Waals surface area contributed by atoms with Gasteiger partial charge in [-0.15, -0.1) is 10.1 Å². The molecule has 0 saturated heterocycles. The highest BCUT2D eigenvalue weighted by molar-refractivity contribution is 5.69. The van der Waals surface area contributed by atoms with Crippen molar-refractivity contribution in [2.45, 2.75) is 19.4 Å². The van der Waals surface area contributed by atoms with Crippen molar-refractivity contribution in [3.63, 3.8) is 0 Å². The summed E-state index contributed by atoms with van der Waals surface area (Å²) in [7, 11) is 0. The maximum atomic E-state index is 10.8. The lowest BCUT2D eigenvalue weighted by molar-refractivity contribution is -0.982. The van der Waals surface area contributed by atoms with Gasteiger partial charge in [-0.3, -0.25) is 4.79 Å². The third-order valence-corrected chi connectivity index (χ3v) is 2.25. The van der Waals surface area contributed by atoms with Crippen molar-refractivity contribution in [3.05, 3.63) is 44.9 Å². The van der Waals surface area contributed by atoms with E-state index in [0.717, 1.165) is 0 Å². The van der Waals surface area contributed by atoms with Gasteiger partial charge in [0.2, 0.25) is 6.10 Å². The largest absolute Gasteiger partial charge is 0.475 e. The van der Waals surface area contributed by atoms with Gasteiger partial charge in [0.1, 0.15) is 17.3 Å². The van der Waals surface area contributed by atoms with Crippen LogP contribution in [0.5, 0.6) is 5.75 Å². The molecule has 1 atom stereocenters. The van der Waals surface area contributed by atoms with Crippen molar-refractivity contribution in [1.82, 2.24) is 0 Å². The van der Waals surface area contributed by atoms with Gasteiger partial charge in [0.05, 0.1) is 0 Å². The summed E-state index contributed by atoms with van der Waals surface area (Å²) in [6.45, 7) is 0.731. The minimum atomic E-state index is -1.06. The van der Waals surface area contributed by atoms with E-state index >= 15 is 0 Å². The first-order valence-corrected chi connectivity index (χ1v) is 5.74. The van der Waals surface area contributed by atoms with E-state index in [1.54, 1.807) is 12.1 Å². The number of carbonyl (C=O) groups is 1. The third-order valence-electron chi connectivity index (χ3n) is 2.25. The first kappa shape index (κ1) is 16.1. The van der Waals surface area contributed by atoms with Crippen LogP contribution in [0.1, 0.15) is 12.5 Å². The Labute approximate surface area is 118 Å². The molecule has 1 aromatic rings. The van der Waals surface area contributed by atoms with Crippen molar-refractivity contribution >= 4 is 5.97 Å². The summed E-state index contributed by atoms with van der Waals surface area (Å²) in [6, 6.07) is 6.17. The summed E-state index contributed by atoms with van der Waals surface area (Å²) in [5.41, 5.74) is 0.629. The second kappa shape index (κ2) is 7.62. The molecule has 1 N–H and O–H groups in total. The molecule has 0 fully saturated rings. The van der Waals surface area contributed by atoms with Crippen LogP contribution in [0, 0.1) is 15.0 Å². The van der Waals surface area contributed by atoms with Crippen LogP contribution in [0.4, 0.5) is 0 Å². The molecule has 0 saturated carbocycles. The Morgan fingerprint density at radius 3 is 2.43 bits per heavy atom. The Bertz CT molecular complexity index is 515. The van der Waals surface area contributed by atoms with Gasteiger partial charge in [0, 0.05) is 13.3 Å². The Balaban J connectivity index is 2.66. The molecule has 0 aliphatic carbocycles. The molecule has 1 unspecified atom stereocenters. The number of rotatable bonds is 8. The zero-order valence-electron chi connectivity index (χ0n) is 11.0. The fourth-order valence-corrected chi connectivity index (χ4v) is 1.52. The van der Waals surface area contributed by atoms with Crippen LogP contribution >= 0.6 is 0 Å². The zero-order chi connectivity index (χ0) is 15.8. The molecule has 0 aliphatic heterocycles. The Morgan fingerprint density at radius 1 is 1.33 bits per heavy atom. The second-order valence-electron chi connectivity index (χ2n) is 3.93. The highest BCUT2D eigenvalue weighted by atomic mass is 17.0. The van der Waals surface area contributed by atoms with Crippen molar-refractivity contribution in [3.8, 4) is 5.75 Å². The lowest BCUT2D eigenvalue weighted by Gasteiger charge is -2.09. The van der Waals surface area contributed by atoms with Gasteiger partial charge in [0.25, 0.3) is 5.09 Å². The van der Waals surface area contributed by atoms with Crippen LogP contribution in [0.15, 0.2) is 24.3 Å². The number of ether oxygens (including phenoxy) is 1. The van der Waals surface area contributed by atoms with Gasteiger partial charge in [-0.25, -0.2) is 5.21 Å². The maximum absolute atomic E-state index is 10.8. The molecule has 0 aliphatic rings. The lowest BCUT2D eigenvalue weighted by atomic mass is 10.1. The molecule has 1 rings (SSSR count). The molecule has 10 heteroatoms. The van der Waals surface area contributed by atoms with E-state index in [4.69, 9.17) is 9.94 Å². The fraction of sp³-hybridized carbons (Fsp3) is 0.364. The smallest absolute Gasteiger partial charge is 0.427 e. The van der Waals surface area contributed by atoms with Gasteiger partial charge < -0.3 is 9.57 Å². The van der Waals surface area contributed by atoms with Gasteiger partial charge in [0.15, 0.2) is 0 Å². The third kappa shape index (κ3) is 6.71. The minimum Gasteiger partial charge on any atom is -0.427 e. The summed E-state index contributed by atoms with van der Waals surface area (Å²) in [6.07, 6.45) is -0.995.